The molecule has 0 saturated carbocycles. The van der Waals surface area contributed by atoms with Crippen LogP contribution in [0.2, 0.25) is 0 Å². The molecule has 3 N–H and O–H groups in total. The van der Waals surface area contributed by atoms with Crippen molar-refractivity contribution in [2.75, 3.05) is 5.32 Å². The summed E-state index contributed by atoms with van der Waals surface area (Å²) in [6.45, 7) is 4.17. The number of benzene rings is 1. The molecule has 0 aliphatic rings. The highest BCUT2D eigenvalue weighted by molar-refractivity contribution is 5.97. The third-order valence-corrected chi connectivity index (χ3v) is 4.09. The van der Waals surface area contributed by atoms with E-state index >= 15 is 0 Å². The first-order valence-corrected chi connectivity index (χ1v) is 9.04. The molecule has 2 heterocycles. The summed E-state index contributed by atoms with van der Waals surface area (Å²) >= 11 is 0. The van der Waals surface area contributed by atoms with Crippen molar-refractivity contribution in [3.05, 3.63) is 66.1 Å². The molecule has 3 rings (SSSR count). The van der Waals surface area contributed by atoms with Crippen LogP contribution < -0.4 is 16.0 Å². The standard InChI is InChI=1S/C20H24N6O2/c1-14(2)23-20(28)24-16-8-6-15(7-9-16)12-21-18(27)17-13-22-25(3)19(17)26-10-4-5-11-26/h4-11,13-14H,12H2,1-3H3,(H,21,27)(H2,23,24,28). The van der Waals surface area contributed by atoms with Gasteiger partial charge in [-0.1, -0.05) is 12.1 Å². The van der Waals surface area contributed by atoms with E-state index in [9.17, 15) is 9.59 Å². The van der Waals surface area contributed by atoms with Gasteiger partial charge in [0.2, 0.25) is 0 Å². The molecule has 3 aromatic rings. The van der Waals surface area contributed by atoms with Crippen LogP contribution in [-0.2, 0) is 13.6 Å². The lowest BCUT2D eigenvalue weighted by atomic mass is 10.2. The first kappa shape index (κ1) is 19.2. The predicted octanol–water partition coefficient (Wildman–Crippen LogP) is 2.67. The molecule has 1 aromatic carbocycles. The van der Waals surface area contributed by atoms with Gasteiger partial charge in [0.1, 0.15) is 11.4 Å². The zero-order valence-corrected chi connectivity index (χ0v) is 16.1. The minimum Gasteiger partial charge on any atom is -0.348 e. The Hall–Kier alpha value is -3.55. The van der Waals surface area contributed by atoms with Crippen LogP contribution in [0.4, 0.5) is 10.5 Å². The topological polar surface area (TPSA) is 93.0 Å². The van der Waals surface area contributed by atoms with Gasteiger partial charge in [0, 0.05) is 37.7 Å². The summed E-state index contributed by atoms with van der Waals surface area (Å²) in [5.41, 5.74) is 2.12. The fraction of sp³-hybridized carbons (Fsp3) is 0.250. The van der Waals surface area contributed by atoms with Crippen molar-refractivity contribution in [1.29, 1.82) is 0 Å². The molecule has 0 aliphatic carbocycles. The molecule has 0 aliphatic heterocycles. The Kier molecular flexibility index (Phi) is 5.78. The molecule has 8 heteroatoms. The van der Waals surface area contributed by atoms with Crippen molar-refractivity contribution < 1.29 is 9.59 Å². The number of anilines is 1. The maximum Gasteiger partial charge on any atom is 0.319 e. The second-order valence-corrected chi connectivity index (χ2v) is 6.73. The van der Waals surface area contributed by atoms with E-state index in [0.717, 1.165) is 5.56 Å². The van der Waals surface area contributed by atoms with Gasteiger partial charge in [0.25, 0.3) is 5.91 Å². The number of hydrogen-bond donors (Lipinski definition) is 3. The first-order valence-electron chi connectivity index (χ1n) is 9.04. The molecule has 3 amide bonds. The van der Waals surface area contributed by atoms with Crippen molar-refractivity contribution in [1.82, 2.24) is 25.0 Å². The van der Waals surface area contributed by atoms with Gasteiger partial charge in [0.05, 0.1) is 6.20 Å². The first-order chi connectivity index (χ1) is 13.4. The number of amides is 3. The largest absolute Gasteiger partial charge is 0.348 e. The number of carbonyl (C=O) groups is 2. The summed E-state index contributed by atoms with van der Waals surface area (Å²) in [5.74, 6) is 0.508. The lowest BCUT2D eigenvalue weighted by Crippen LogP contribution is -2.34. The maximum absolute atomic E-state index is 12.6. The van der Waals surface area contributed by atoms with E-state index in [1.165, 1.54) is 0 Å². The number of hydrogen-bond acceptors (Lipinski definition) is 3. The summed E-state index contributed by atoms with van der Waals surface area (Å²) in [6, 6.07) is 10.9. The van der Waals surface area contributed by atoms with Gasteiger partial charge in [-0.15, -0.1) is 0 Å². The molecular formula is C20H24N6O2. The monoisotopic (exact) mass is 380 g/mol. The van der Waals surface area contributed by atoms with Crippen molar-refractivity contribution in [2.45, 2.75) is 26.4 Å². The van der Waals surface area contributed by atoms with Gasteiger partial charge >= 0.3 is 6.03 Å². The molecule has 8 nitrogen and oxygen atoms in total. The number of aromatic nitrogens is 3. The number of nitrogens with zero attached hydrogens (tertiary/aromatic N) is 3. The fourth-order valence-corrected chi connectivity index (χ4v) is 2.79. The van der Waals surface area contributed by atoms with E-state index in [0.29, 0.717) is 23.6 Å². The summed E-state index contributed by atoms with van der Waals surface area (Å²) in [6.07, 6.45) is 5.30. The Morgan fingerprint density at radius 3 is 2.43 bits per heavy atom. The van der Waals surface area contributed by atoms with Crippen molar-refractivity contribution >= 4 is 17.6 Å². The van der Waals surface area contributed by atoms with Crippen LogP contribution in [0.25, 0.3) is 5.82 Å². The quantitative estimate of drug-likeness (QED) is 0.614. The predicted molar refractivity (Wildman–Crippen MR) is 107 cm³/mol. The van der Waals surface area contributed by atoms with Crippen LogP contribution in [0.15, 0.2) is 55.0 Å². The summed E-state index contributed by atoms with van der Waals surface area (Å²) in [5, 5.41) is 12.6. The highest BCUT2D eigenvalue weighted by atomic mass is 16.2. The molecule has 146 valence electrons. The van der Waals surface area contributed by atoms with Crippen LogP contribution in [0, 0.1) is 0 Å². The Bertz CT molecular complexity index is 942. The highest BCUT2D eigenvalue weighted by Gasteiger charge is 2.17. The van der Waals surface area contributed by atoms with E-state index < -0.39 is 0 Å². The minimum atomic E-state index is -0.245. The molecule has 0 saturated heterocycles. The third-order valence-electron chi connectivity index (χ3n) is 4.09. The molecule has 28 heavy (non-hydrogen) atoms. The van der Waals surface area contributed by atoms with E-state index in [4.69, 9.17) is 0 Å². The summed E-state index contributed by atoms with van der Waals surface area (Å²) < 4.78 is 3.52. The highest BCUT2D eigenvalue weighted by Crippen LogP contribution is 2.14. The molecule has 0 atom stereocenters. The van der Waals surface area contributed by atoms with Gasteiger partial charge < -0.3 is 20.5 Å². The molecule has 0 fully saturated rings. The average Bonchev–Trinajstić information content (AvgIpc) is 3.29. The van der Waals surface area contributed by atoms with Crippen molar-refractivity contribution in [3.8, 4) is 5.82 Å². The summed E-state index contributed by atoms with van der Waals surface area (Å²) in [7, 11) is 1.80. The number of rotatable bonds is 6. The van der Waals surface area contributed by atoms with Gasteiger partial charge in [-0.25, -0.2) is 4.79 Å². The second kappa shape index (κ2) is 8.43. The van der Waals surface area contributed by atoms with E-state index in [2.05, 4.69) is 21.0 Å². The van der Waals surface area contributed by atoms with E-state index in [1.54, 1.807) is 30.1 Å². The zero-order valence-electron chi connectivity index (χ0n) is 16.1. The number of urea groups is 1. The lowest BCUT2D eigenvalue weighted by Gasteiger charge is -2.11. The van der Waals surface area contributed by atoms with Gasteiger partial charge in [0.15, 0.2) is 0 Å². The van der Waals surface area contributed by atoms with E-state index in [-0.39, 0.29) is 18.0 Å². The van der Waals surface area contributed by atoms with Crippen LogP contribution in [0.5, 0.6) is 0 Å². The molecular weight excluding hydrogens is 356 g/mol. The number of aryl methyl sites for hydroxylation is 1. The normalized spacial score (nSPS) is 10.7. The Morgan fingerprint density at radius 1 is 1.11 bits per heavy atom. The van der Waals surface area contributed by atoms with Crippen molar-refractivity contribution in [3.63, 3.8) is 0 Å². The number of carbonyl (C=O) groups excluding carboxylic acids is 2. The van der Waals surface area contributed by atoms with Crippen LogP contribution in [0.1, 0.15) is 29.8 Å². The maximum atomic E-state index is 12.6. The van der Waals surface area contributed by atoms with Crippen LogP contribution in [-0.4, -0.2) is 32.3 Å². The second-order valence-electron chi connectivity index (χ2n) is 6.73. The van der Waals surface area contributed by atoms with Gasteiger partial charge in [-0.05, 0) is 43.7 Å². The zero-order chi connectivity index (χ0) is 20.1. The molecule has 0 bridgehead atoms. The molecule has 0 radical (unpaired) electrons. The third kappa shape index (κ3) is 4.59. The fourth-order valence-electron chi connectivity index (χ4n) is 2.79. The van der Waals surface area contributed by atoms with Gasteiger partial charge in [-0.2, -0.15) is 5.10 Å². The van der Waals surface area contributed by atoms with Crippen molar-refractivity contribution in [2.24, 2.45) is 7.05 Å². The Morgan fingerprint density at radius 2 is 1.79 bits per heavy atom. The summed E-state index contributed by atoms with van der Waals surface area (Å²) in [4.78, 5) is 24.3. The average molecular weight is 380 g/mol. The minimum absolute atomic E-state index is 0.0680. The smallest absolute Gasteiger partial charge is 0.319 e. The molecule has 0 unspecified atom stereocenters. The lowest BCUT2D eigenvalue weighted by molar-refractivity contribution is 0.0951. The molecule has 2 aromatic heterocycles. The molecule has 0 spiro atoms. The van der Waals surface area contributed by atoms with E-state index in [1.807, 2.05) is 55.1 Å². The Labute approximate surface area is 163 Å². The number of nitrogens with one attached hydrogen (secondary N) is 3. The SMILES string of the molecule is CC(C)NC(=O)Nc1ccc(CNC(=O)c2cnn(C)c2-n2cccc2)cc1. The Balaban J connectivity index is 1.61. The van der Waals surface area contributed by atoms with Gasteiger partial charge in [-0.3, -0.25) is 9.48 Å². The van der Waals surface area contributed by atoms with Crippen LogP contribution >= 0.6 is 0 Å². The van der Waals surface area contributed by atoms with Crippen LogP contribution in [0.3, 0.4) is 0 Å².